The van der Waals surface area contributed by atoms with Gasteiger partial charge in [0.15, 0.2) is 5.96 Å². The van der Waals surface area contributed by atoms with Crippen molar-refractivity contribution in [2.45, 2.75) is 12.8 Å². The Labute approximate surface area is 126 Å². The zero-order chi connectivity index (χ0) is 15.1. The van der Waals surface area contributed by atoms with Gasteiger partial charge in [-0.3, -0.25) is 9.79 Å². The number of nitrogens with zero attached hydrogens (tertiary/aromatic N) is 2. The van der Waals surface area contributed by atoms with Gasteiger partial charge >= 0.3 is 0 Å². The van der Waals surface area contributed by atoms with E-state index in [9.17, 15) is 4.79 Å². The first-order valence-corrected chi connectivity index (χ1v) is 7.47. The molecule has 21 heavy (non-hydrogen) atoms. The Kier molecular flexibility index (Phi) is 5.60. The van der Waals surface area contributed by atoms with Crippen LogP contribution in [0.3, 0.4) is 0 Å². The molecule has 0 saturated carbocycles. The quantitative estimate of drug-likeness (QED) is 0.652. The maximum absolute atomic E-state index is 12.3. The minimum absolute atomic E-state index is 0.146. The van der Waals surface area contributed by atoms with Gasteiger partial charge in [0.25, 0.3) is 5.91 Å². The number of aliphatic imine (C=N–C) groups is 1. The summed E-state index contributed by atoms with van der Waals surface area (Å²) >= 11 is 0. The molecular weight excluding hydrogens is 264 g/mol. The SMILES string of the molecule is CN=C(NC)NCC1CCN(C(=O)c2ccccc2)CC1. The summed E-state index contributed by atoms with van der Waals surface area (Å²) in [6, 6.07) is 9.52. The predicted octanol–water partition coefficient (Wildman–Crippen LogP) is 1.33. The fourth-order valence-electron chi connectivity index (χ4n) is 2.62. The number of nitrogens with one attached hydrogen (secondary N) is 2. The number of amides is 1. The molecule has 0 unspecified atom stereocenters. The maximum Gasteiger partial charge on any atom is 0.253 e. The van der Waals surface area contributed by atoms with Gasteiger partial charge in [-0.25, -0.2) is 0 Å². The monoisotopic (exact) mass is 288 g/mol. The van der Waals surface area contributed by atoms with Crippen LogP contribution in [0.15, 0.2) is 35.3 Å². The van der Waals surface area contributed by atoms with Crippen LogP contribution in [-0.2, 0) is 0 Å². The fraction of sp³-hybridized carbons (Fsp3) is 0.500. The third-order valence-corrected chi connectivity index (χ3v) is 3.94. The summed E-state index contributed by atoms with van der Waals surface area (Å²) in [7, 11) is 3.62. The highest BCUT2D eigenvalue weighted by atomic mass is 16.2. The molecule has 1 amide bonds. The molecule has 1 saturated heterocycles. The number of rotatable bonds is 3. The van der Waals surface area contributed by atoms with Gasteiger partial charge in [-0.2, -0.15) is 0 Å². The number of carbonyl (C=O) groups excluding carboxylic acids is 1. The molecule has 2 rings (SSSR count). The summed E-state index contributed by atoms with van der Waals surface area (Å²) in [5.41, 5.74) is 0.782. The first kappa shape index (κ1) is 15.4. The summed E-state index contributed by atoms with van der Waals surface area (Å²) in [4.78, 5) is 18.4. The van der Waals surface area contributed by atoms with E-state index in [1.807, 2.05) is 42.3 Å². The molecule has 0 aromatic heterocycles. The molecule has 0 atom stereocenters. The van der Waals surface area contributed by atoms with Gasteiger partial charge in [0, 0.05) is 39.3 Å². The molecule has 114 valence electrons. The van der Waals surface area contributed by atoms with Gasteiger partial charge in [0.2, 0.25) is 0 Å². The molecule has 1 fully saturated rings. The second-order valence-corrected chi connectivity index (χ2v) is 5.30. The number of piperidine rings is 1. The number of guanidine groups is 1. The molecule has 1 aromatic carbocycles. The molecule has 1 aliphatic rings. The summed E-state index contributed by atoms with van der Waals surface area (Å²) in [6.45, 7) is 2.57. The van der Waals surface area contributed by atoms with Crippen LogP contribution in [0.25, 0.3) is 0 Å². The van der Waals surface area contributed by atoms with Crippen LogP contribution in [0.4, 0.5) is 0 Å². The lowest BCUT2D eigenvalue weighted by Gasteiger charge is -2.32. The average molecular weight is 288 g/mol. The minimum atomic E-state index is 0.146. The largest absolute Gasteiger partial charge is 0.359 e. The molecule has 1 aromatic rings. The van der Waals surface area contributed by atoms with Crippen molar-refractivity contribution < 1.29 is 4.79 Å². The highest BCUT2D eigenvalue weighted by Gasteiger charge is 2.23. The number of hydrogen-bond donors (Lipinski definition) is 2. The minimum Gasteiger partial charge on any atom is -0.359 e. The highest BCUT2D eigenvalue weighted by Crippen LogP contribution is 2.18. The zero-order valence-electron chi connectivity index (χ0n) is 12.8. The van der Waals surface area contributed by atoms with Crippen molar-refractivity contribution in [2.75, 3.05) is 33.7 Å². The van der Waals surface area contributed by atoms with E-state index >= 15 is 0 Å². The van der Waals surface area contributed by atoms with E-state index in [0.717, 1.165) is 44.0 Å². The fourth-order valence-corrected chi connectivity index (χ4v) is 2.62. The van der Waals surface area contributed by atoms with E-state index in [0.29, 0.717) is 5.92 Å². The Morgan fingerprint density at radius 2 is 1.95 bits per heavy atom. The van der Waals surface area contributed by atoms with Gasteiger partial charge < -0.3 is 15.5 Å². The summed E-state index contributed by atoms with van der Waals surface area (Å²) in [5, 5.41) is 6.31. The van der Waals surface area contributed by atoms with Crippen LogP contribution in [-0.4, -0.2) is 50.5 Å². The van der Waals surface area contributed by atoms with Gasteiger partial charge in [-0.1, -0.05) is 18.2 Å². The lowest BCUT2D eigenvalue weighted by Crippen LogP contribution is -2.43. The molecule has 0 bridgehead atoms. The van der Waals surface area contributed by atoms with Crippen molar-refractivity contribution in [3.05, 3.63) is 35.9 Å². The molecule has 1 heterocycles. The first-order valence-electron chi connectivity index (χ1n) is 7.47. The molecule has 5 nitrogen and oxygen atoms in total. The van der Waals surface area contributed by atoms with E-state index in [4.69, 9.17) is 0 Å². The third-order valence-electron chi connectivity index (χ3n) is 3.94. The van der Waals surface area contributed by atoms with E-state index in [2.05, 4.69) is 15.6 Å². The van der Waals surface area contributed by atoms with Crippen LogP contribution in [0.1, 0.15) is 23.2 Å². The Hall–Kier alpha value is -2.04. The van der Waals surface area contributed by atoms with Crippen LogP contribution >= 0.6 is 0 Å². The average Bonchev–Trinajstić information content (AvgIpc) is 2.56. The second kappa shape index (κ2) is 7.67. The van der Waals surface area contributed by atoms with Gasteiger partial charge in [-0.05, 0) is 30.9 Å². The second-order valence-electron chi connectivity index (χ2n) is 5.30. The lowest BCUT2D eigenvalue weighted by atomic mass is 9.96. The number of hydrogen-bond acceptors (Lipinski definition) is 2. The van der Waals surface area contributed by atoms with Crippen LogP contribution in [0.5, 0.6) is 0 Å². The maximum atomic E-state index is 12.3. The Balaban J connectivity index is 1.79. The number of likely N-dealkylation sites (tertiary alicyclic amines) is 1. The molecule has 0 spiro atoms. The highest BCUT2D eigenvalue weighted by molar-refractivity contribution is 5.94. The Morgan fingerprint density at radius 3 is 2.52 bits per heavy atom. The van der Waals surface area contributed by atoms with Gasteiger partial charge in [0.05, 0.1) is 0 Å². The molecule has 0 radical (unpaired) electrons. The molecule has 0 aliphatic carbocycles. The van der Waals surface area contributed by atoms with Crippen molar-refractivity contribution in [3.63, 3.8) is 0 Å². The Morgan fingerprint density at radius 1 is 1.29 bits per heavy atom. The van der Waals surface area contributed by atoms with Gasteiger partial charge in [-0.15, -0.1) is 0 Å². The Bertz CT molecular complexity index is 478. The summed E-state index contributed by atoms with van der Waals surface area (Å²) in [5.74, 6) is 1.56. The van der Waals surface area contributed by atoms with E-state index in [1.54, 1.807) is 7.05 Å². The third kappa shape index (κ3) is 4.21. The van der Waals surface area contributed by atoms with Crippen LogP contribution < -0.4 is 10.6 Å². The number of benzene rings is 1. The first-order chi connectivity index (χ1) is 10.2. The van der Waals surface area contributed by atoms with Crippen molar-refractivity contribution in [3.8, 4) is 0 Å². The van der Waals surface area contributed by atoms with Crippen molar-refractivity contribution in [1.82, 2.24) is 15.5 Å². The normalized spacial score (nSPS) is 16.7. The van der Waals surface area contributed by atoms with E-state index < -0.39 is 0 Å². The van der Waals surface area contributed by atoms with Crippen molar-refractivity contribution in [1.29, 1.82) is 0 Å². The van der Waals surface area contributed by atoms with Crippen molar-refractivity contribution in [2.24, 2.45) is 10.9 Å². The van der Waals surface area contributed by atoms with Crippen LogP contribution in [0, 0.1) is 5.92 Å². The van der Waals surface area contributed by atoms with E-state index in [-0.39, 0.29) is 5.91 Å². The molecule has 5 heteroatoms. The zero-order valence-corrected chi connectivity index (χ0v) is 12.8. The van der Waals surface area contributed by atoms with E-state index in [1.165, 1.54) is 0 Å². The standard InChI is InChI=1S/C16H24N4O/c1-17-16(18-2)19-12-13-8-10-20(11-9-13)15(21)14-6-4-3-5-7-14/h3-7,13H,8-12H2,1-2H3,(H2,17,18,19). The summed E-state index contributed by atoms with van der Waals surface area (Å²) < 4.78 is 0. The van der Waals surface area contributed by atoms with Crippen molar-refractivity contribution >= 4 is 11.9 Å². The number of carbonyl (C=O) groups is 1. The lowest BCUT2D eigenvalue weighted by molar-refractivity contribution is 0.0691. The summed E-state index contributed by atoms with van der Waals surface area (Å²) in [6.07, 6.45) is 2.07. The molecule has 2 N–H and O–H groups in total. The van der Waals surface area contributed by atoms with Gasteiger partial charge in [0.1, 0.15) is 0 Å². The topological polar surface area (TPSA) is 56.7 Å². The predicted molar refractivity (Wildman–Crippen MR) is 85.5 cm³/mol. The molecular formula is C16H24N4O. The molecule has 1 aliphatic heterocycles. The smallest absolute Gasteiger partial charge is 0.253 e. The van der Waals surface area contributed by atoms with Crippen LogP contribution in [0.2, 0.25) is 0 Å².